The molecular weight excluding hydrogens is 345 g/mol. The Morgan fingerprint density at radius 3 is 2.67 bits per heavy atom. The van der Waals surface area contributed by atoms with E-state index in [1.54, 1.807) is 0 Å². The van der Waals surface area contributed by atoms with Crippen LogP contribution < -0.4 is 5.32 Å². The van der Waals surface area contributed by atoms with Crippen molar-refractivity contribution in [1.82, 2.24) is 9.88 Å². The molecule has 0 atom stereocenters. The highest BCUT2D eigenvalue weighted by Gasteiger charge is 2.09. The molecule has 0 aliphatic carbocycles. The number of ether oxygens (including phenoxy) is 1. The third-order valence-electron chi connectivity index (χ3n) is 4.24. The monoisotopic (exact) mass is 371 g/mol. The largest absolute Gasteiger partial charge is 0.379 e. The van der Waals surface area contributed by atoms with Gasteiger partial charge in [-0.1, -0.05) is 25.1 Å². The molecule has 2 heterocycles. The first-order valence-corrected chi connectivity index (χ1v) is 8.29. The van der Waals surface area contributed by atoms with Gasteiger partial charge in [0.05, 0.1) is 18.7 Å². The Morgan fingerprint density at radius 2 is 1.92 bits per heavy atom. The number of hydrogen-bond acceptors (Lipinski definition) is 4. The van der Waals surface area contributed by atoms with E-state index in [0.717, 1.165) is 63.6 Å². The van der Waals surface area contributed by atoms with Gasteiger partial charge in [0.25, 0.3) is 0 Å². The second kappa shape index (κ2) is 10.7. The van der Waals surface area contributed by atoms with Crippen molar-refractivity contribution < 1.29 is 4.74 Å². The predicted octanol–water partition coefficient (Wildman–Crippen LogP) is 3.78. The van der Waals surface area contributed by atoms with Crippen LogP contribution in [0.5, 0.6) is 0 Å². The van der Waals surface area contributed by atoms with Crippen molar-refractivity contribution in [1.29, 1.82) is 0 Å². The summed E-state index contributed by atoms with van der Waals surface area (Å²) in [4.78, 5) is 7.19. The maximum Gasteiger partial charge on any atom is 0.126 e. The summed E-state index contributed by atoms with van der Waals surface area (Å²) in [6.45, 7) is 8.17. The number of anilines is 1. The molecule has 1 fully saturated rings. The zero-order chi connectivity index (χ0) is 15.2. The average Bonchev–Trinajstić information content (AvgIpc) is 2.59. The van der Waals surface area contributed by atoms with Crippen LogP contribution in [0.1, 0.15) is 18.9 Å². The van der Waals surface area contributed by atoms with Gasteiger partial charge in [0.2, 0.25) is 0 Å². The molecule has 0 bridgehead atoms. The van der Waals surface area contributed by atoms with E-state index >= 15 is 0 Å². The van der Waals surface area contributed by atoms with Crippen molar-refractivity contribution in [3.63, 3.8) is 0 Å². The topological polar surface area (TPSA) is 37.4 Å². The number of fused-ring (bicyclic) bond motifs is 1. The molecular formula is C18H27Cl2N3O. The average molecular weight is 372 g/mol. The van der Waals surface area contributed by atoms with Crippen LogP contribution in [0.25, 0.3) is 10.9 Å². The molecule has 1 aliphatic rings. The summed E-state index contributed by atoms with van der Waals surface area (Å²) in [5.41, 5.74) is 2.44. The molecule has 2 aromatic rings. The zero-order valence-corrected chi connectivity index (χ0v) is 15.8. The first-order valence-electron chi connectivity index (χ1n) is 8.29. The Bertz CT molecular complexity index is 618. The minimum absolute atomic E-state index is 0. The Hall–Kier alpha value is -1.07. The van der Waals surface area contributed by atoms with E-state index in [1.165, 1.54) is 10.9 Å². The molecule has 0 saturated carbocycles. The number of para-hydroxylation sites is 1. The third kappa shape index (κ3) is 5.49. The summed E-state index contributed by atoms with van der Waals surface area (Å²) in [7, 11) is 0. The maximum atomic E-state index is 5.37. The van der Waals surface area contributed by atoms with Gasteiger partial charge in [0, 0.05) is 25.0 Å². The van der Waals surface area contributed by atoms with Crippen LogP contribution in [0.3, 0.4) is 0 Å². The van der Waals surface area contributed by atoms with Gasteiger partial charge in [-0.25, -0.2) is 4.98 Å². The Labute approximate surface area is 156 Å². The molecule has 1 aromatic heterocycles. The fourth-order valence-electron chi connectivity index (χ4n) is 2.97. The molecule has 24 heavy (non-hydrogen) atoms. The number of nitrogens with zero attached hydrogens (tertiary/aromatic N) is 2. The van der Waals surface area contributed by atoms with Gasteiger partial charge in [0.1, 0.15) is 5.82 Å². The van der Waals surface area contributed by atoms with Gasteiger partial charge < -0.3 is 10.1 Å². The van der Waals surface area contributed by atoms with Crippen molar-refractivity contribution in [3.8, 4) is 0 Å². The maximum absolute atomic E-state index is 5.37. The summed E-state index contributed by atoms with van der Waals surface area (Å²) in [5, 5.41) is 4.75. The van der Waals surface area contributed by atoms with E-state index < -0.39 is 0 Å². The lowest BCUT2D eigenvalue weighted by Crippen LogP contribution is -2.37. The molecule has 1 saturated heterocycles. The van der Waals surface area contributed by atoms with E-state index in [9.17, 15) is 0 Å². The van der Waals surface area contributed by atoms with E-state index in [-0.39, 0.29) is 24.8 Å². The predicted molar refractivity (Wildman–Crippen MR) is 106 cm³/mol. The summed E-state index contributed by atoms with van der Waals surface area (Å²) in [5.74, 6) is 0.998. The Morgan fingerprint density at radius 1 is 1.17 bits per heavy atom. The van der Waals surface area contributed by atoms with Gasteiger partial charge in [0.15, 0.2) is 0 Å². The molecule has 4 nitrogen and oxygen atoms in total. The molecule has 3 rings (SSSR count). The third-order valence-corrected chi connectivity index (χ3v) is 4.24. The second-order valence-electron chi connectivity index (χ2n) is 5.77. The van der Waals surface area contributed by atoms with Crippen LogP contribution in [-0.4, -0.2) is 49.3 Å². The normalized spacial score (nSPS) is 14.7. The number of rotatable bonds is 6. The van der Waals surface area contributed by atoms with Crippen LogP contribution in [0, 0.1) is 0 Å². The van der Waals surface area contributed by atoms with E-state index in [4.69, 9.17) is 9.72 Å². The molecule has 134 valence electrons. The highest BCUT2D eigenvalue weighted by molar-refractivity contribution is 5.85. The Kier molecular flexibility index (Phi) is 9.37. The number of aromatic nitrogens is 1. The summed E-state index contributed by atoms with van der Waals surface area (Å²) in [6, 6.07) is 10.6. The summed E-state index contributed by atoms with van der Waals surface area (Å²) >= 11 is 0. The number of pyridine rings is 1. The van der Waals surface area contributed by atoms with Crippen molar-refractivity contribution >= 4 is 41.5 Å². The number of halogens is 2. The molecule has 6 heteroatoms. The van der Waals surface area contributed by atoms with Gasteiger partial charge in [-0.2, -0.15) is 0 Å². The molecule has 0 amide bonds. The number of hydrogen-bond donors (Lipinski definition) is 1. The molecule has 1 aliphatic heterocycles. The highest BCUT2D eigenvalue weighted by Crippen LogP contribution is 2.21. The number of morpholine rings is 1. The fourth-order valence-corrected chi connectivity index (χ4v) is 2.97. The smallest absolute Gasteiger partial charge is 0.126 e. The SMILES string of the molecule is CCc1cc(NCCCN2CCOCC2)nc2ccccc12.Cl.Cl. The minimum atomic E-state index is 0. The first kappa shape index (κ1) is 21.0. The van der Waals surface area contributed by atoms with E-state index in [2.05, 4.69) is 47.5 Å². The van der Waals surface area contributed by atoms with Crippen LogP contribution in [0.4, 0.5) is 5.82 Å². The molecule has 1 aromatic carbocycles. The summed E-state index contributed by atoms with van der Waals surface area (Å²) in [6.07, 6.45) is 2.17. The summed E-state index contributed by atoms with van der Waals surface area (Å²) < 4.78 is 5.37. The van der Waals surface area contributed by atoms with Crippen LogP contribution in [0.15, 0.2) is 30.3 Å². The lowest BCUT2D eigenvalue weighted by Gasteiger charge is -2.26. The molecule has 0 radical (unpaired) electrons. The van der Waals surface area contributed by atoms with Crippen molar-refractivity contribution in [2.45, 2.75) is 19.8 Å². The lowest BCUT2D eigenvalue weighted by atomic mass is 10.1. The zero-order valence-electron chi connectivity index (χ0n) is 14.2. The van der Waals surface area contributed by atoms with Crippen molar-refractivity contribution in [2.75, 3.05) is 44.7 Å². The van der Waals surface area contributed by atoms with Gasteiger partial charge in [-0.15, -0.1) is 24.8 Å². The van der Waals surface area contributed by atoms with Crippen LogP contribution >= 0.6 is 24.8 Å². The van der Waals surface area contributed by atoms with Crippen LogP contribution in [0.2, 0.25) is 0 Å². The molecule has 0 unspecified atom stereocenters. The van der Waals surface area contributed by atoms with Gasteiger partial charge >= 0.3 is 0 Å². The number of benzene rings is 1. The standard InChI is InChI=1S/C18H25N3O.2ClH/c1-2-15-14-18(20-17-7-4-3-6-16(15)17)19-8-5-9-21-10-12-22-13-11-21;;/h3-4,6-7,14H,2,5,8-13H2,1H3,(H,19,20);2*1H. The van der Waals surface area contributed by atoms with Crippen molar-refractivity contribution in [2.24, 2.45) is 0 Å². The van der Waals surface area contributed by atoms with E-state index in [0.29, 0.717) is 0 Å². The van der Waals surface area contributed by atoms with E-state index in [1.807, 2.05) is 0 Å². The minimum Gasteiger partial charge on any atom is -0.379 e. The number of aryl methyl sites for hydroxylation is 1. The second-order valence-corrected chi connectivity index (χ2v) is 5.77. The Balaban J connectivity index is 0.00000144. The van der Waals surface area contributed by atoms with Crippen molar-refractivity contribution in [3.05, 3.63) is 35.9 Å². The highest BCUT2D eigenvalue weighted by atomic mass is 35.5. The van der Waals surface area contributed by atoms with Gasteiger partial charge in [-0.3, -0.25) is 4.90 Å². The quantitative estimate of drug-likeness (QED) is 0.784. The van der Waals surface area contributed by atoms with Gasteiger partial charge in [-0.05, 0) is 37.1 Å². The van der Waals surface area contributed by atoms with Crippen LogP contribution in [-0.2, 0) is 11.2 Å². The first-order chi connectivity index (χ1) is 10.9. The molecule has 0 spiro atoms. The fraction of sp³-hybridized carbons (Fsp3) is 0.500. The number of nitrogens with one attached hydrogen (secondary N) is 1. The molecule has 1 N–H and O–H groups in total. The lowest BCUT2D eigenvalue weighted by molar-refractivity contribution is 0.0378.